The monoisotopic (exact) mass is 337 g/mol. The number of anilines is 1. The lowest BCUT2D eigenvalue weighted by atomic mass is 10.1. The van der Waals surface area contributed by atoms with Crippen LogP contribution in [0, 0.1) is 17.2 Å². The number of amides is 1. The number of fused-ring (bicyclic) bond motifs is 1. The Hall–Kier alpha value is -2.58. The quantitative estimate of drug-likeness (QED) is 0.808. The molecule has 0 spiro atoms. The van der Waals surface area contributed by atoms with E-state index in [1.807, 2.05) is 29.7 Å². The average molecular weight is 337 g/mol. The van der Waals surface area contributed by atoms with E-state index >= 15 is 0 Å². The van der Waals surface area contributed by atoms with Crippen LogP contribution in [0.4, 0.5) is 5.82 Å². The highest BCUT2D eigenvalue weighted by Gasteiger charge is 2.32. The van der Waals surface area contributed by atoms with Crippen LogP contribution in [-0.2, 0) is 29.1 Å². The van der Waals surface area contributed by atoms with Gasteiger partial charge in [0.2, 0.25) is 5.91 Å². The number of ether oxygens (including phenoxy) is 1. The summed E-state index contributed by atoms with van der Waals surface area (Å²) >= 11 is 0. The summed E-state index contributed by atoms with van der Waals surface area (Å²) in [5.74, 6) is 0.690. The number of carbonyl (C=O) groups excluding carboxylic acids is 1. The van der Waals surface area contributed by atoms with E-state index in [9.17, 15) is 10.1 Å². The van der Waals surface area contributed by atoms with E-state index in [-0.39, 0.29) is 11.8 Å². The molecule has 2 heterocycles. The molecular weight excluding hydrogens is 314 g/mol. The van der Waals surface area contributed by atoms with Crippen LogP contribution in [0.2, 0.25) is 0 Å². The summed E-state index contributed by atoms with van der Waals surface area (Å²) in [6.45, 7) is 7.44. The highest BCUT2D eigenvalue weighted by Crippen LogP contribution is 2.35. The molecule has 1 saturated carbocycles. The summed E-state index contributed by atoms with van der Waals surface area (Å²) in [4.78, 5) is 12.3. The number of rotatable bonds is 6. The van der Waals surface area contributed by atoms with Gasteiger partial charge >= 0.3 is 0 Å². The maximum atomic E-state index is 12.3. The summed E-state index contributed by atoms with van der Waals surface area (Å²) in [6.07, 6.45) is 10.2. The molecule has 1 amide bonds. The molecule has 1 aliphatic heterocycles. The molecule has 3 rings (SSSR count). The van der Waals surface area contributed by atoms with Gasteiger partial charge < -0.3 is 14.6 Å². The maximum Gasteiger partial charge on any atom is 0.228 e. The molecule has 2 aliphatic rings. The minimum atomic E-state index is 0.00565. The number of hydrogen-bond acceptors (Lipinski definition) is 3. The average Bonchev–Trinajstić information content (AvgIpc) is 3.44. The van der Waals surface area contributed by atoms with Gasteiger partial charge in [0.1, 0.15) is 11.9 Å². The number of nitriles is 1. The maximum absolute atomic E-state index is 12.3. The number of nitrogens with one attached hydrogen (secondary N) is 1. The minimum Gasteiger partial charge on any atom is -0.375 e. The van der Waals surface area contributed by atoms with Crippen LogP contribution in [-0.4, -0.2) is 17.1 Å². The Labute approximate surface area is 148 Å². The highest BCUT2D eigenvalue weighted by molar-refractivity contribution is 5.95. The fourth-order valence-electron chi connectivity index (χ4n) is 3.07. The van der Waals surface area contributed by atoms with Crippen molar-refractivity contribution in [3.05, 3.63) is 53.3 Å². The van der Waals surface area contributed by atoms with Crippen LogP contribution in [0.15, 0.2) is 36.5 Å². The van der Waals surface area contributed by atoms with Crippen molar-refractivity contribution in [2.45, 2.75) is 39.3 Å². The molecule has 0 atom stereocenters. The number of hydrogen-bond donors (Lipinski definition) is 1. The second kappa shape index (κ2) is 7.54. The second-order valence-corrected chi connectivity index (χ2v) is 6.38. The van der Waals surface area contributed by atoms with E-state index in [4.69, 9.17) is 4.74 Å². The molecule has 1 aromatic rings. The SMILES string of the molecule is C=C/C(=C\C=C/C)Cn1c2c(c(C#N)c1NC(=O)C1CC1)CCOC2. The molecule has 0 unspecified atom stereocenters. The van der Waals surface area contributed by atoms with E-state index in [0.29, 0.717) is 37.6 Å². The first kappa shape index (κ1) is 17.2. The normalized spacial score (nSPS) is 17.2. The molecule has 0 bridgehead atoms. The van der Waals surface area contributed by atoms with Crippen molar-refractivity contribution in [2.24, 2.45) is 5.92 Å². The van der Waals surface area contributed by atoms with Crippen molar-refractivity contribution in [3.8, 4) is 6.07 Å². The van der Waals surface area contributed by atoms with Gasteiger partial charge in [-0.15, -0.1) is 0 Å². The zero-order chi connectivity index (χ0) is 17.8. The smallest absolute Gasteiger partial charge is 0.228 e. The molecule has 0 radical (unpaired) electrons. The Kier molecular flexibility index (Phi) is 5.20. The van der Waals surface area contributed by atoms with Gasteiger partial charge in [-0.3, -0.25) is 4.79 Å². The van der Waals surface area contributed by atoms with E-state index in [1.54, 1.807) is 6.08 Å². The lowest BCUT2D eigenvalue weighted by Gasteiger charge is -2.18. The van der Waals surface area contributed by atoms with Crippen molar-refractivity contribution in [2.75, 3.05) is 11.9 Å². The summed E-state index contributed by atoms with van der Waals surface area (Å²) in [5, 5.41) is 12.7. The number of allylic oxidation sites excluding steroid dienone is 5. The van der Waals surface area contributed by atoms with E-state index in [2.05, 4.69) is 18.0 Å². The van der Waals surface area contributed by atoms with Crippen molar-refractivity contribution in [1.29, 1.82) is 5.26 Å². The molecule has 1 aromatic heterocycles. The van der Waals surface area contributed by atoms with Crippen molar-refractivity contribution >= 4 is 11.7 Å². The standard InChI is InChI=1S/C20H23N3O2/c1-3-5-6-14(4-2)12-23-18-13-25-10-9-16(18)17(11-21)19(23)22-20(24)15-7-8-15/h3-6,15H,2,7-10,12-13H2,1H3,(H,22,24)/b5-3-,14-6+. The fourth-order valence-corrected chi connectivity index (χ4v) is 3.07. The molecule has 130 valence electrons. The first-order valence-electron chi connectivity index (χ1n) is 8.66. The Morgan fingerprint density at radius 2 is 2.32 bits per heavy atom. The lowest BCUT2D eigenvalue weighted by molar-refractivity contribution is -0.117. The molecule has 1 fully saturated rings. The Balaban J connectivity index is 2.04. The zero-order valence-electron chi connectivity index (χ0n) is 14.5. The fraction of sp³-hybridized carbons (Fsp3) is 0.400. The second-order valence-electron chi connectivity index (χ2n) is 6.38. The number of carbonyl (C=O) groups is 1. The van der Waals surface area contributed by atoms with Crippen LogP contribution in [0.3, 0.4) is 0 Å². The van der Waals surface area contributed by atoms with Crippen LogP contribution in [0.1, 0.15) is 36.6 Å². The topological polar surface area (TPSA) is 67.0 Å². The van der Waals surface area contributed by atoms with Gasteiger partial charge in [0, 0.05) is 12.5 Å². The van der Waals surface area contributed by atoms with Gasteiger partial charge in [-0.2, -0.15) is 5.26 Å². The third kappa shape index (κ3) is 3.59. The Morgan fingerprint density at radius 3 is 2.96 bits per heavy atom. The number of aromatic nitrogens is 1. The Bertz CT molecular complexity index is 789. The summed E-state index contributed by atoms with van der Waals surface area (Å²) in [6, 6.07) is 2.29. The third-order valence-electron chi connectivity index (χ3n) is 4.63. The molecule has 25 heavy (non-hydrogen) atoms. The van der Waals surface area contributed by atoms with Gasteiger partial charge in [0.05, 0.1) is 24.5 Å². The van der Waals surface area contributed by atoms with Gasteiger partial charge in [-0.25, -0.2) is 0 Å². The van der Waals surface area contributed by atoms with Crippen LogP contribution in [0.5, 0.6) is 0 Å². The van der Waals surface area contributed by atoms with Crippen LogP contribution < -0.4 is 5.32 Å². The number of nitrogens with zero attached hydrogens (tertiary/aromatic N) is 2. The van der Waals surface area contributed by atoms with E-state index in [0.717, 1.165) is 29.7 Å². The molecule has 1 aliphatic carbocycles. The highest BCUT2D eigenvalue weighted by atomic mass is 16.5. The predicted octanol–water partition coefficient (Wildman–Crippen LogP) is 3.47. The van der Waals surface area contributed by atoms with E-state index < -0.39 is 0 Å². The molecule has 0 saturated heterocycles. The Morgan fingerprint density at radius 1 is 1.52 bits per heavy atom. The van der Waals surface area contributed by atoms with Crippen LogP contribution >= 0.6 is 0 Å². The van der Waals surface area contributed by atoms with Gasteiger partial charge in [-0.1, -0.05) is 30.9 Å². The first-order valence-corrected chi connectivity index (χ1v) is 8.66. The third-order valence-corrected chi connectivity index (χ3v) is 4.63. The zero-order valence-corrected chi connectivity index (χ0v) is 14.5. The summed E-state index contributed by atoms with van der Waals surface area (Å²) < 4.78 is 7.61. The lowest BCUT2D eigenvalue weighted by Crippen LogP contribution is -2.19. The summed E-state index contributed by atoms with van der Waals surface area (Å²) in [7, 11) is 0. The van der Waals surface area contributed by atoms with Crippen LogP contribution in [0.25, 0.3) is 0 Å². The molecular formula is C20H23N3O2. The van der Waals surface area contributed by atoms with Gasteiger partial charge in [0.15, 0.2) is 0 Å². The van der Waals surface area contributed by atoms with Crippen molar-refractivity contribution < 1.29 is 9.53 Å². The largest absolute Gasteiger partial charge is 0.375 e. The molecule has 1 N–H and O–H groups in total. The van der Waals surface area contributed by atoms with E-state index in [1.165, 1.54) is 0 Å². The van der Waals surface area contributed by atoms with Crippen molar-refractivity contribution in [3.63, 3.8) is 0 Å². The van der Waals surface area contributed by atoms with Crippen molar-refractivity contribution in [1.82, 2.24) is 4.57 Å². The molecule has 0 aromatic carbocycles. The minimum absolute atomic E-state index is 0.00565. The van der Waals surface area contributed by atoms with Gasteiger partial charge in [-0.05, 0) is 37.3 Å². The summed E-state index contributed by atoms with van der Waals surface area (Å²) in [5.41, 5.74) is 3.55. The first-order chi connectivity index (χ1) is 12.2. The predicted molar refractivity (Wildman–Crippen MR) is 97.0 cm³/mol. The van der Waals surface area contributed by atoms with Gasteiger partial charge in [0.25, 0.3) is 0 Å². The molecule has 5 nitrogen and oxygen atoms in total. The molecule has 5 heteroatoms.